The number of thiazole rings is 1. The van der Waals surface area contributed by atoms with Crippen molar-refractivity contribution in [2.45, 2.75) is 6.61 Å². The molecule has 0 fully saturated rings. The minimum Gasteiger partial charge on any atom is -0.487 e. The van der Waals surface area contributed by atoms with Crippen molar-refractivity contribution in [3.05, 3.63) is 33.1 Å². The predicted molar refractivity (Wildman–Crippen MR) is 59.6 cm³/mol. The Hall–Kier alpha value is -0.870. The maximum absolute atomic E-state index is 5.61. The maximum Gasteiger partial charge on any atom is 0.160 e. The van der Waals surface area contributed by atoms with E-state index >= 15 is 0 Å². The van der Waals surface area contributed by atoms with Crippen molar-refractivity contribution in [2.24, 2.45) is 0 Å². The molecule has 1 aromatic heterocycles. The molecule has 0 N–H and O–H groups in total. The standard InChI is InChI=1S/C10H6BrNOS/c11-10-12-9-6-3-1-2-4-7(6)13-5-8(9)14-10/h1-4H,5H2. The average Bonchev–Trinajstić information content (AvgIpc) is 2.59. The molecular formula is C10H6BrNOS. The molecule has 0 saturated carbocycles. The van der Waals surface area contributed by atoms with E-state index in [0.29, 0.717) is 6.61 Å². The second-order valence-corrected chi connectivity index (χ2v) is 5.38. The molecule has 1 aromatic carbocycles. The zero-order chi connectivity index (χ0) is 9.54. The number of nitrogens with zero attached hydrogens (tertiary/aromatic N) is 1. The number of hydrogen-bond acceptors (Lipinski definition) is 3. The first-order valence-corrected chi connectivity index (χ1v) is 5.83. The van der Waals surface area contributed by atoms with Crippen LogP contribution in [0.5, 0.6) is 5.75 Å². The summed E-state index contributed by atoms with van der Waals surface area (Å²) >= 11 is 5.03. The van der Waals surface area contributed by atoms with E-state index in [1.807, 2.05) is 24.3 Å². The van der Waals surface area contributed by atoms with Crippen molar-refractivity contribution < 1.29 is 4.74 Å². The number of fused-ring (bicyclic) bond motifs is 3. The molecule has 0 unspecified atom stereocenters. The van der Waals surface area contributed by atoms with Crippen LogP contribution < -0.4 is 4.74 Å². The van der Waals surface area contributed by atoms with Crippen LogP contribution in [0.25, 0.3) is 11.3 Å². The third kappa shape index (κ3) is 1.18. The second-order valence-electron chi connectivity index (χ2n) is 3.02. The molecule has 0 aliphatic carbocycles. The Morgan fingerprint density at radius 3 is 3.14 bits per heavy atom. The van der Waals surface area contributed by atoms with E-state index < -0.39 is 0 Å². The van der Waals surface area contributed by atoms with Crippen molar-refractivity contribution in [3.63, 3.8) is 0 Å². The van der Waals surface area contributed by atoms with Gasteiger partial charge < -0.3 is 4.74 Å². The predicted octanol–water partition coefficient (Wildman–Crippen LogP) is 3.47. The molecule has 0 amide bonds. The van der Waals surface area contributed by atoms with Crippen LogP contribution >= 0.6 is 27.3 Å². The van der Waals surface area contributed by atoms with Crippen LogP contribution in [0.4, 0.5) is 0 Å². The zero-order valence-corrected chi connectivity index (χ0v) is 9.56. The van der Waals surface area contributed by atoms with Crippen molar-refractivity contribution in [3.8, 4) is 17.0 Å². The zero-order valence-electron chi connectivity index (χ0n) is 7.16. The van der Waals surface area contributed by atoms with Gasteiger partial charge >= 0.3 is 0 Å². The smallest absolute Gasteiger partial charge is 0.160 e. The largest absolute Gasteiger partial charge is 0.487 e. The highest BCUT2D eigenvalue weighted by atomic mass is 79.9. The number of aromatic nitrogens is 1. The molecular weight excluding hydrogens is 262 g/mol. The molecule has 0 radical (unpaired) electrons. The van der Waals surface area contributed by atoms with Gasteiger partial charge in [0.2, 0.25) is 0 Å². The van der Waals surface area contributed by atoms with Gasteiger partial charge in [0.1, 0.15) is 12.4 Å². The summed E-state index contributed by atoms with van der Waals surface area (Å²) in [6.07, 6.45) is 0. The Morgan fingerprint density at radius 2 is 2.21 bits per heavy atom. The third-order valence-electron chi connectivity index (χ3n) is 2.17. The fourth-order valence-corrected chi connectivity index (χ4v) is 3.04. The lowest BCUT2D eigenvalue weighted by molar-refractivity contribution is 0.305. The lowest BCUT2D eigenvalue weighted by Crippen LogP contribution is -2.02. The van der Waals surface area contributed by atoms with E-state index in [2.05, 4.69) is 20.9 Å². The van der Waals surface area contributed by atoms with Crippen molar-refractivity contribution in [1.29, 1.82) is 0 Å². The van der Waals surface area contributed by atoms with Crippen molar-refractivity contribution in [2.75, 3.05) is 0 Å². The van der Waals surface area contributed by atoms with Crippen LogP contribution in [-0.2, 0) is 6.61 Å². The van der Waals surface area contributed by atoms with E-state index in [-0.39, 0.29) is 0 Å². The van der Waals surface area contributed by atoms with Crippen LogP contribution in [0.3, 0.4) is 0 Å². The first-order valence-electron chi connectivity index (χ1n) is 4.22. The number of ether oxygens (including phenoxy) is 1. The quantitative estimate of drug-likeness (QED) is 0.730. The minimum atomic E-state index is 0.635. The number of para-hydroxylation sites is 1. The minimum absolute atomic E-state index is 0.635. The molecule has 70 valence electrons. The Labute approximate surface area is 93.7 Å². The van der Waals surface area contributed by atoms with E-state index in [1.54, 1.807) is 11.3 Å². The molecule has 14 heavy (non-hydrogen) atoms. The number of benzene rings is 1. The summed E-state index contributed by atoms with van der Waals surface area (Å²) in [6.45, 7) is 0.635. The summed E-state index contributed by atoms with van der Waals surface area (Å²) in [5.41, 5.74) is 2.15. The molecule has 0 atom stereocenters. The van der Waals surface area contributed by atoms with E-state index in [9.17, 15) is 0 Å². The molecule has 1 aliphatic heterocycles. The molecule has 2 nitrogen and oxygen atoms in total. The van der Waals surface area contributed by atoms with Crippen LogP contribution in [0, 0.1) is 0 Å². The van der Waals surface area contributed by atoms with Crippen LogP contribution in [-0.4, -0.2) is 4.98 Å². The van der Waals surface area contributed by atoms with E-state index in [4.69, 9.17) is 4.74 Å². The van der Waals surface area contributed by atoms with Gasteiger partial charge in [-0.25, -0.2) is 4.98 Å². The van der Waals surface area contributed by atoms with Gasteiger partial charge in [0.15, 0.2) is 3.92 Å². The topological polar surface area (TPSA) is 22.1 Å². The van der Waals surface area contributed by atoms with E-state index in [0.717, 1.165) is 20.9 Å². The molecule has 2 aromatic rings. The first kappa shape index (κ1) is 8.44. The Balaban J connectivity index is 2.28. The number of rotatable bonds is 0. The highest BCUT2D eigenvalue weighted by molar-refractivity contribution is 9.11. The van der Waals surface area contributed by atoms with Gasteiger partial charge in [-0.15, -0.1) is 11.3 Å². The summed E-state index contributed by atoms with van der Waals surface area (Å²) in [6, 6.07) is 8.00. The first-order chi connectivity index (χ1) is 6.84. The molecule has 2 heterocycles. The van der Waals surface area contributed by atoms with Gasteiger partial charge in [-0.2, -0.15) is 0 Å². The highest BCUT2D eigenvalue weighted by Gasteiger charge is 2.20. The molecule has 0 bridgehead atoms. The monoisotopic (exact) mass is 267 g/mol. The molecule has 1 aliphatic rings. The fourth-order valence-electron chi connectivity index (χ4n) is 1.56. The third-order valence-corrected chi connectivity index (χ3v) is 3.65. The van der Waals surface area contributed by atoms with Gasteiger partial charge in [-0.3, -0.25) is 0 Å². The number of hydrogen-bond donors (Lipinski definition) is 0. The van der Waals surface area contributed by atoms with Crippen molar-refractivity contribution >= 4 is 27.3 Å². The van der Waals surface area contributed by atoms with Gasteiger partial charge in [-0.1, -0.05) is 12.1 Å². The van der Waals surface area contributed by atoms with Gasteiger partial charge in [0.05, 0.1) is 10.6 Å². The second kappa shape index (κ2) is 3.07. The summed E-state index contributed by atoms with van der Waals surface area (Å²) in [5.74, 6) is 0.929. The lowest BCUT2D eigenvalue weighted by atomic mass is 10.1. The molecule has 0 spiro atoms. The number of halogens is 1. The summed E-state index contributed by atoms with van der Waals surface area (Å²) in [5, 5.41) is 0. The van der Waals surface area contributed by atoms with Gasteiger partial charge in [-0.05, 0) is 28.1 Å². The Kier molecular flexibility index (Phi) is 1.85. The Bertz CT molecular complexity index is 495. The Morgan fingerprint density at radius 1 is 1.36 bits per heavy atom. The SMILES string of the molecule is Brc1nc2c(s1)COc1ccccc1-2. The highest BCUT2D eigenvalue weighted by Crippen LogP contribution is 2.40. The molecule has 4 heteroatoms. The maximum atomic E-state index is 5.61. The summed E-state index contributed by atoms with van der Waals surface area (Å²) < 4.78 is 6.53. The van der Waals surface area contributed by atoms with Gasteiger partial charge in [0, 0.05) is 5.56 Å². The normalized spacial score (nSPS) is 12.9. The lowest BCUT2D eigenvalue weighted by Gasteiger charge is -2.15. The molecule has 0 saturated heterocycles. The van der Waals surface area contributed by atoms with Crippen LogP contribution in [0.15, 0.2) is 28.2 Å². The fraction of sp³-hybridized carbons (Fsp3) is 0.100. The van der Waals surface area contributed by atoms with Crippen LogP contribution in [0.2, 0.25) is 0 Å². The summed E-state index contributed by atoms with van der Waals surface area (Å²) in [7, 11) is 0. The van der Waals surface area contributed by atoms with Crippen molar-refractivity contribution in [1.82, 2.24) is 4.98 Å². The van der Waals surface area contributed by atoms with E-state index in [1.165, 1.54) is 4.88 Å². The van der Waals surface area contributed by atoms with Gasteiger partial charge in [0.25, 0.3) is 0 Å². The summed E-state index contributed by atoms with van der Waals surface area (Å²) in [4.78, 5) is 5.64. The molecule has 3 rings (SSSR count). The average molecular weight is 268 g/mol. The van der Waals surface area contributed by atoms with Crippen LogP contribution in [0.1, 0.15) is 4.88 Å².